The minimum Gasteiger partial charge on any atom is -0.395 e. The van der Waals surface area contributed by atoms with Crippen LogP contribution in [0, 0.1) is 0 Å². The number of hydrogen-bond acceptors (Lipinski definition) is 19. The monoisotopic (exact) mass is 670 g/mol. The van der Waals surface area contributed by atoms with Crippen LogP contribution in [0.5, 0.6) is 0 Å². The van der Waals surface area contributed by atoms with Crippen LogP contribution in [-0.2, 0) is 23.7 Å². The molecule has 1 amide bonds. The Morgan fingerprint density at radius 3 is 2.07 bits per heavy atom. The molecule has 0 aromatic rings. The van der Waals surface area contributed by atoms with Gasteiger partial charge in [-0.25, -0.2) is 0 Å². The largest absolute Gasteiger partial charge is 0.395 e. The predicted molar refractivity (Wildman–Crippen MR) is 153 cm³/mol. The Hall–Kier alpha value is -1.25. The van der Waals surface area contributed by atoms with Crippen LogP contribution in [0.1, 0.15) is 19.3 Å². The first-order valence-corrected chi connectivity index (χ1v) is 15.3. The van der Waals surface area contributed by atoms with Crippen molar-refractivity contribution in [2.75, 3.05) is 26.3 Å². The van der Waals surface area contributed by atoms with Gasteiger partial charge >= 0.3 is 0 Å². The second kappa shape index (κ2) is 15.5. The standard InChI is InChI=1S/C26H50N6O14/c27-8-2-26(42,3-8)25(41)32-11-1-10(29)21(20(40)22(11)46-23-17(37)14(30)15(35)13(7-34)44-23)45-24-19(39)18(38)16(36)12(43-24)5-31-4-9(28)6-33/h8-24,31,33-40,42H,1-7,27-30H2,(H,32,41)/t8?,9?,10-,11+,12+,13+,14-,15+,16+,17+,18-,19+,20-,21?,22-,23+,24+,26?/m0/s1. The van der Waals surface area contributed by atoms with E-state index in [1.54, 1.807) is 0 Å². The molecular formula is C26H50N6O14. The molecule has 0 bridgehead atoms. The topological polar surface area (TPSA) is 364 Å². The van der Waals surface area contributed by atoms with Gasteiger partial charge < -0.3 is 98.5 Å². The zero-order valence-electron chi connectivity index (χ0n) is 25.1. The number of aliphatic hydroxyl groups excluding tert-OH is 8. The highest BCUT2D eigenvalue weighted by atomic mass is 16.7. The molecule has 2 heterocycles. The molecule has 4 fully saturated rings. The number of nitrogens with one attached hydrogen (secondary N) is 2. The van der Waals surface area contributed by atoms with Gasteiger partial charge in [-0.3, -0.25) is 4.79 Å². The molecule has 0 radical (unpaired) electrons. The third-order valence-corrected chi connectivity index (χ3v) is 9.13. The summed E-state index contributed by atoms with van der Waals surface area (Å²) in [5.41, 5.74) is 21.9. The van der Waals surface area contributed by atoms with Gasteiger partial charge in [-0.2, -0.15) is 0 Å². The quantitative estimate of drug-likeness (QED) is 0.0916. The maximum atomic E-state index is 13.0. The van der Waals surface area contributed by atoms with Gasteiger partial charge in [0, 0.05) is 44.1 Å². The predicted octanol–water partition coefficient (Wildman–Crippen LogP) is -9.33. The normalized spacial score (nSPS) is 48.8. The maximum Gasteiger partial charge on any atom is 0.252 e. The fraction of sp³-hybridized carbons (Fsp3) is 0.962. The number of aliphatic hydroxyl groups is 9. The third-order valence-electron chi connectivity index (χ3n) is 9.13. The second-order valence-electron chi connectivity index (χ2n) is 12.8. The summed E-state index contributed by atoms with van der Waals surface area (Å²) in [6.07, 6.45) is -18.7. The van der Waals surface area contributed by atoms with Gasteiger partial charge in [0.1, 0.15) is 66.6 Å². The summed E-state index contributed by atoms with van der Waals surface area (Å²) in [6.45, 7) is -0.927. The van der Waals surface area contributed by atoms with E-state index in [9.17, 15) is 45.6 Å². The summed E-state index contributed by atoms with van der Waals surface area (Å²) in [7, 11) is 0. The number of amides is 1. The summed E-state index contributed by atoms with van der Waals surface area (Å²) in [5.74, 6) is -0.809. The highest BCUT2D eigenvalue weighted by Gasteiger charge is 2.54. The number of hydrogen-bond donors (Lipinski definition) is 15. The zero-order chi connectivity index (χ0) is 34.1. The van der Waals surface area contributed by atoms with Crippen molar-refractivity contribution in [1.82, 2.24) is 10.6 Å². The molecule has 20 heteroatoms. The van der Waals surface area contributed by atoms with E-state index in [0.717, 1.165) is 0 Å². The Bertz CT molecular complexity index is 999. The molecule has 46 heavy (non-hydrogen) atoms. The van der Waals surface area contributed by atoms with E-state index in [0.29, 0.717) is 0 Å². The summed E-state index contributed by atoms with van der Waals surface area (Å²) >= 11 is 0. The van der Waals surface area contributed by atoms with E-state index in [-0.39, 0.29) is 39.0 Å². The zero-order valence-corrected chi connectivity index (χ0v) is 25.1. The van der Waals surface area contributed by atoms with Crippen LogP contribution in [0.2, 0.25) is 0 Å². The van der Waals surface area contributed by atoms with Gasteiger partial charge in [-0.1, -0.05) is 0 Å². The average Bonchev–Trinajstić information content (AvgIpc) is 3.00. The molecule has 0 aromatic heterocycles. The van der Waals surface area contributed by atoms with Gasteiger partial charge in [0.15, 0.2) is 12.6 Å². The van der Waals surface area contributed by atoms with Crippen molar-refractivity contribution in [3.05, 3.63) is 0 Å². The molecule has 19 N–H and O–H groups in total. The smallest absolute Gasteiger partial charge is 0.252 e. The number of nitrogens with two attached hydrogens (primary N) is 4. The third kappa shape index (κ3) is 7.96. The fourth-order valence-electron chi connectivity index (χ4n) is 6.24. The highest BCUT2D eigenvalue weighted by molar-refractivity contribution is 5.86. The minimum absolute atomic E-state index is 0.0140. The van der Waals surface area contributed by atoms with Crippen molar-refractivity contribution >= 4 is 5.91 Å². The Labute approximate surface area is 264 Å². The van der Waals surface area contributed by atoms with Crippen LogP contribution in [0.3, 0.4) is 0 Å². The summed E-state index contributed by atoms with van der Waals surface area (Å²) in [5, 5.41) is 99.0. The van der Waals surface area contributed by atoms with Crippen molar-refractivity contribution in [3.63, 3.8) is 0 Å². The summed E-state index contributed by atoms with van der Waals surface area (Å²) < 4.78 is 23.0. The second-order valence-corrected chi connectivity index (χ2v) is 12.8. The molecule has 2 aliphatic heterocycles. The van der Waals surface area contributed by atoms with Gasteiger partial charge in [-0.05, 0) is 6.42 Å². The van der Waals surface area contributed by atoms with Crippen LogP contribution >= 0.6 is 0 Å². The van der Waals surface area contributed by atoms with Crippen molar-refractivity contribution in [2.45, 2.75) is 129 Å². The van der Waals surface area contributed by atoms with Crippen molar-refractivity contribution in [3.8, 4) is 0 Å². The molecule has 268 valence electrons. The van der Waals surface area contributed by atoms with E-state index in [2.05, 4.69) is 10.6 Å². The number of carbonyl (C=O) groups excluding carboxylic acids is 1. The highest BCUT2D eigenvalue weighted by Crippen LogP contribution is 2.34. The minimum atomic E-state index is -1.80. The van der Waals surface area contributed by atoms with E-state index < -0.39 is 122 Å². The molecule has 20 nitrogen and oxygen atoms in total. The Morgan fingerprint density at radius 2 is 1.46 bits per heavy atom. The lowest BCUT2D eigenvalue weighted by molar-refractivity contribution is -0.333. The van der Waals surface area contributed by atoms with Gasteiger partial charge in [-0.15, -0.1) is 0 Å². The molecule has 2 saturated carbocycles. The number of rotatable bonds is 12. The molecule has 2 aliphatic carbocycles. The Morgan fingerprint density at radius 1 is 0.848 bits per heavy atom. The average molecular weight is 671 g/mol. The number of carbonyl (C=O) groups is 1. The van der Waals surface area contributed by atoms with Crippen molar-refractivity contribution in [1.29, 1.82) is 0 Å². The van der Waals surface area contributed by atoms with Crippen LogP contribution in [-0.4, -0.2) is 188 Å². The van der Waals surface area contributed by atoms with Crippen LogP contribution in [0.25, 0.3) is 0 Å². The first-order valence-electron chi connectivity index (χ1n) is 15.3. The molecule has 4 rings (SSSR count). The van der Waals surface area contributed by atoms with Crippen LogP contribution < -0.4 is 33.6 Å². The Balaban J connectivity index is 1.53. The van der Waals surface area contributed by atoms with E-state index in [4.69, 9.17) is 47.0 Å². The van der Waals surface area contributed by atoms with Crippen molar-refractivity contribution < 1.29 is 69.7 Å². The molecular weight excluding hydrogens is 620 g/mol. The molecule has 0 aromatic carbocycles. The van der Waals surface area contributed by atoms with Crippen LogP contribution in [0.4, 0.5) is 0 Å². The SMILES string of the molecule is NC(CO)CNC[C@H]1O[C@H](OC2[C@@H](N)C[C@@H](NC(=O)C3(O)CC(N)C3)[C@H](O[C@H]3O[C@H](CO)[C@@H](O)[C@H](N)[C@H]3O)[C@H]2O)[C@H](O)[C@@H](O)[C@@H]1O. The van der Waals surface area contributed by atoms with Gasteiger partial charge in [0.05, 0.1) is 25.3 Å². The molecule has 2 saturated heterocycles. The van der Waals surface area contributed by atoms with Crippen molar-refractivity contribution in [2.24, 2.45) is 22.9 Å². The van der Waals surface area contributed by atoms with E-state index in [1.807, 2.05) is 0 Å². The fourth-order valence-corrected chi connectivity index (χ4v) is 6.24. The first kappa shape index (κ1) is 37.6. The number of ether oxygens (including phenoxy) is 4. The lowest BCUT2D eigenvalue weighted by atomic mass is 9.75. The maximum absolute atomic E-state index is 13.0. The van der Waals surface area contributed by atoms with Gasteiger partial charge in [0.25, 0.3) is 5.91 Å². The van der Waals surface area contributed by atoms with E-state index >= 15 is 0 Å². The first-order chi connectivity index (χ1) is 21.6. The Kier molecular flexibility index (Phi) is 12.7. The molecule has 4 aliphatic rings. The molecule has 2 unspecified atom stereocenters. The van der Waals surface area contributed by atoms with E-state index in [1.165, 1.54) is 0 Å². The lowest BCUT2D eigenvalue weighted by Crippen LogP contribution is -2.71. The lowest BCUT2D eigenvalue weighted by Gasteiger charge is -2.49. The summed E-state index contributed by atoms with van der Waals surface area (Å²) in [6, 6.07) is -4.53. The molecule has 16 atom stereocenters. The molecule has 0 spiro atoms. The van der Waals surface area contributed by atoms with Gasteiger partial charge in [0.2, 0.25) is 0 Å². The summed E-state index contributed by atoms with van der Waals surface area (Å²) in [4.78, 5) is 13.0. The van der Waals surface area contributed by atoms with Crippen LogP contribution in [0.15, 0.2) is 0 Å².